The van der Waals surface area contributed by atoms with Crippen LogP contribution in [-0.4, -0.2) is 25.7 Å². The molecular formula is C23H20N6OS2. The average Bonchev–Trinajstić information content (AvgIpc) is 3.51. The highest BCUT2D eigenvalue weighted by Gasteiger charge is 2.25. The first-order chi connectivity index (χ1) is 15.6. The van der Waals surface area contributed by atoms with Crippen LogP contribution in [0.5, 0.6) is 0 Å². The molecule has 0 saturated carbocycles. The van der Waals surface area contributed by atoms with Crippen LogP contribution in [0.2, 0.25) is 0 Å². The second-order valence-electron chi connectivity index (χ2n) is 7.33. The van der Waals surface area contributed by atoms with Crippen LogP contribution in [0.4, 0.5) is 10.8 Å². The Bertz CT molecular complexity index is 1350. The number of rotatable bonds is 4. The Morgan fingerprint density at radius 1 is 1.03 bits per heavy atom. The van der Waals surface area contributed by atoms with Crippen molar-refractivity contribution in [2.45, 2.75) is 19.9 Å². The summed E-state index contributed by atoms with van der Waals surface area (Å²) < 4.78 is 1.47. The lowest BCUT2D eigenvalue weighted by Crippen LogP contribution is -2.21. The zero-order chi connectivity index (χ0) is 22.1. The summed E-state index contributed by atoms with van der Waals surface area (Å²) in [7, 11) is 0. The molecule has 9 heteroatoms. The van der Waals surface area contributed by atoms with E-state index in [0.717, 1.165) is 27.5 Å². The van der Waals surface area contributed by atoms with Gasteiger partial charge in [0.2, 0.25) is 5.13 Å². The van der Waals surface area contributed by atoms with Crippen LogP contribution in [-0.2, 0) is 0 Å². The summed E-state index contributed by atoms with van der Waals surface area (Å²) in [5.74, 6) is 0.778. The number of hydrogen-bond donors (Lipinski definition) is 1. The summed E-state index contributed by atoms with van der Waals surface area (Å²) in [6.45, 7) is 3.92. The Balaban J connectivity index is 1.57. The minimum absolute atomic E-state index is 0.0120. The molecule has 4 aromatic rings. The van der Waals surface area contributed by atoms with Gasteiger partial charge in [-0.3, -0.25) is 14.9 Å². The minimum Gasteiger partial charge on any atom is -0.286 e. The molecule has 0 aliphatic carbocycles. The number of thiazole rings is 1. The third-order valence-corrected chi connectivity index (χ3v) is 7.18. The first-order valence-corrected chi connectivity index (χ1v) is 11.9. The van der Waals surface area contributed by atoms with Gasteiger partial charge in [0.1, 0.15) is 0 Å². The highest BCUT2D eigenvalue weighted by atomic mass is 32.2. The third-order valence-electron chi connectivity index (χ3n) is 5.19. The fourth-order valence-electron chi connectivity index (χ4n) is 3.38. The normalized spacial score (nSPS) is 16.1. The summed E-state index contributed by atoms with van der Waals surface area (Å²) >= 11 is 3.00. The predicted molar refractivity (Wildman–Crippen MR) is 131 cm³/mol. The van der Waals surface area contributed by atoms with Crippen molar-refractivity contribution in [3.8, 4) is 11.3 Å². The van der Waals surface area contributed by atoms with Crippen molar-refractivity contribution in [1.29, 1.82) is 0 Å². The molecule has 0 radical (unpaired) electrons. The van der Waals surface area contributed by atoms with E-state index in [2.05, 4.69) is 32.4 Å². The Hall–Kier alpha value is -3.30. The van der Waals surface area contributed by atoms with Gasteiger partial charge in [0.05, 0.1) is 17.4 Å². The van der Waals surface area contributed by atoms with Gasteiger partial charge < -0.3 is 0 Å². The number of benzene rings is 2. The highest BCUT2D eigenvalue weighted by Crippen LogP contribution is 2.33. The molecule has 1 unspecified atom stereocenters. The van der Waals surface area contributed by atoms with Gasteiger partial charge in [0.15, 0.2) is 10.9 Å². The summed E-state index contributed by atoms with van der Waals surface area (Å²) in [4.78, 5) is 23.6. The molecule has 0 amide bonds. The van der Waals surface area contributed by atoms with E-state index in [1.54, 1.807) is 11.8 Å². The molecule has 2 aromatic carbocycles. The van der Waals surface area contributed by atoms with Crippen LogP contribution < -0.4 is 5.56 Å². The predicted octanol–water partition coefficient (Wildman–Crippen LogP) is 6.02. The van der Waals surface area contributed by atoms with Gasteiger partial charge in [0, 0.05) is 16.2 Å². The summed E-state index contributed by atoms with van der Waals surface area (Å²) in [5.41, 5.74) is 3.48. The van der Waals surface area contributed by atoms with Crippen LogP contribution in [0.1, 0.15) is 22.2 Å². The number of thioether (sulfide) groups is 1. The Labute approximate surface area is 193 Å². The fourth-order valence-corrected chi connectivity index (χ4v) is 5.15. The maximum Gasteiger partial charge on any atom is 0.301 e. The molecule has 0 spiro atoms. The molecule has 3 heterocycles. The molecule has 2 aromatic heterocycles. The van der Waals surface area contributed by atoms with E-state index in [1.807, 2.05) is 62.4 Å². The number of aromatic amines is 1. The topological polar surface area (TPSA) is 87.8 Å². The fraction of sp³-hybridized carbons (Fsp3) is 0.174. The first-order valence-electron chi connectivity index (χ1n) is 10.1. The second kappa shape index (κ2) is 8.68. The lowest BCUT2D eigenvalue weighted by atomic mass is 10.1. The van der Waals surface area contributed by atoms with Gasteiger partial charge in [-0.1, -0.05) is 83.8 Å². The molecule has 32 heavy (non-hydrogen) atoms. The molecule has 0 fully saturated rings. The number of azo groups is 1. The zero-order valence-electron chi connectivity index (χ0n) is 17.5. The molecule has 160 valence electrons. The summed E-state index contributed by atoms with van der Waals surface area (Å²) in [5, 5.41) is 13.0. The lowest BCUT2D eigenvalue weighted by molar-refractivity contribution is 0.828. The Kier molecular flexibility index (Phi) is 5.59. The van der Waals surface area contributed by atoms with E-state index >= 15 is 0 Å². The lowest BCUT2D eigenvalue weighted by Gasteiger charge is -2.04. The van der Waals surface area contributed by atoms with Gasteiger partial charge in [-0.15, -0.1) is 10.2 Å². The maximum absolute atomic E-state index is 13.4. The van der Waals surface area contributed by atoms with Crippen molar-refractivity contribution in [2.75, 3.05) is 5.75 Å². The number of nitrogens with one attached hydrogen (secondary N) is 1. The molecule has 1 aliphatic rings. The number of aliphatic imine (C=N–C) groups is 1. The molecule has 1 aliphatic heterocycles. The van der Waals surface area contributed by atoms with Crippen LogP contribution in [0.3, 0.4) is 0 Å². The largest absolute Gasteiger partial charge is 0.301 e. The van der Waals surface area contributed by atoms with Crippen molar-refractivity contribution in [3.05, 3.63) is 87.2 Å². The maximum atomic E-state index is 13.4. The van der Waals surface area contributed by atoms with Crippen LogP contribution in [0.25, 0.3) is 11.3 Å². The van der Waals surface area contributed by atoms with E-state index in [-0.39, 0.29) is 17.3 Å². The molecule has 7 nitrogen and oxygen atoms in total. The number of aryl methyl sites for hydroxylation is 2. The third kappa shape index (κ3) is 3.96. The standard InChI is InChI=1S/C23H20N6OS2/c1-14-15(2)32-22(24-14)27-26-20-19(17-11-7-4-8-12-17)28-29(21(20)30)23-25-18(13-31-23)16-9-5-3-6-10-16/h3-12,18,28H,13H2,1-2H3. The van der Waals surface area contributed by atoms with Crippen molar-refractivity contribution in [1.82, 2.24) is 14.8 Å². The van der Waals surface area contributed by atoms with Crippen LogP contribution in [0.15, 0.2) is 80.7 Å². The van der Waals surface area contributed by atoms with E-state index in [1.165, 1.54) is 16.0 Å². The van der Waals surface area contributed by atoms with Gasteiger partial charge in [-0.2, -0.15) is 4.68 Å². The van der Waals surface area contributed by atoms with Gasteiger partial charge in [-0.25, -0.2) is 4.98 Å². The van der Waals surface area contributed by atoms with Crippen molar-refractivity contribution in [2.24, 2.45) is 15.2 Å². The van der Waals surface area contributed by atoms with Crippen LogP contribution >= 0.6 is 23.1 Å². The highest BCUT2D eigenvalue weighted by molar-refractivity contribution is 8.14. The smallest absolute Gasteiger partial charge is 0.286 e. The van der Waals surface area contributed by atoms with E-state index in [4.69, 9.17) is 4.99 Å². The number of hydrogen-bond acceptors (Lipinski definition) is 7. The first kappa shape index (κ1) is 20.6. The van der Waals surface area contributed by atoms with Gasteiger partial charge in [0.25, 0.3) is 0 Å². The summed E-state index contributed by atoms with van der Waals surface area (Å²) in [6, 6.07) is 19.8. The van der Waals surface area contributed by atoms with Gasteiger partial charge >= 0.3 is 5.56 Å². The van der Waals surface area contributed by atoms with E-state index < -0.39 is 0 Å². The van der Waals surface area contributed by atoms with E-state index in [9.17, 15) is 4.79 Å². The van der Waals surface area contributed by atoms with Crippen molar-refractivity contribution >= 4 is 39.1 Å². The Morgan fingerprint density at radius 3 is 2.44 bits per heavy atom. The molecule has 0 bridgehead atoms. The number of aromatic nitrogens is 3. The molecular weight excluding hydrogens is 440 g/mol. The molecule has 1 N–H and O–H groups in total. The molecule has 5 rings (SSSR count). The van der Waals surface area contributed by atoms with E-state index in [0.29, 0.717) is 16.0 Å². The number of nitrogens with zero attached hydrogens (tertiary/aromatic N) is 5. The summed E-state index contributed by atoms with van der Waals surface area (Å²) in [6.07, 6.45) is 0. The van der Waals surface area contributed by atoms with Crippen molar-refractivity contribution in [3.63, 3.8) is 0 Å². The SMILES string of the molecule is Cc1nc(N=Nc2c(-c3ccccc3)[nH]n(C3=NC(c4ccccc4)CS3)c2=O)sc1C. The second-order valence-corrected chi connectivity index (χ2v) is 9.50. The minimum atomic E-state index is -0.280. The van der Waals surface area contributed by atoms with Crippen LogP contribution in [0, 0.1) is 13.8 Å². The number of H-pyrrole nitrogens is 1. The molecule has 0 saturated heterocycles. The molecule has 1 atom stereocenters. The average molecular weight is 461 g/mol. The van der Waals surface area contributed by atoms with Crippen molar-refractivity contribution < 1.29 is 0 Å². The zero-order valence-corrected chi connectivity index (χ0v) is 19.2. The van der Waals surface area contributed by atoms with Gasteiger partial charge in [-0.05, 0) is 19.4 Å². The monoisotopic (exact) mass is 460 g/mol. The Morgan fingerprint density at radius 2 is 1.75 bits per heavy atom. The quantitative estimate of drug-likeness (QED) is 0.378.